The molecular weight excluding hydrogens is 600 g/mol. The Bertz CT molecular complexity index is 1480. The van der Waals surface area contributed by atoms with E-state index in [1.807, 2.05) is 24.3 Å². The highest BCUT2D eigenvalue weighted by molar-refractivity contribution is 7.15. The molecule has 4 rings (SSSR count). The Balaban J connectivity index is 1.70. The molecule has 0 amide bonds. The molecule has 3 aromatic rings. The van der Waals surface area contributed by atoms with E-state index in [0.717, 1.165) is 20.9 Å². The van der Waals surface area contributed by atoms with Crippen LogP contribution in [0.5, 0.6) is 5.75 Å². The molecule has 1 aliphatic rings. The van der Waals surface area contributed by atoms with E-state index < -0.39 is 73.1 Å². The zero-order valence-electron chi connectivity index (χ0n) is 23.1. The minimum absolute atomic E-state index is 0.172. The fourth-order valence-electron chi connectivity index (χ4n) is 5.69. The maximum Gasteiger partial charge on any atom is 0.303 e. The number of ether oxygens (including phenoxy) is 2. The predicted molar refractivity (Wildman–Crippen MR) is 157 cm³/mol. The summed E-state index contributed by atoms with van der Waals surface area (Å²) in [6, 6.07) is 15.9. The van der Waals surface area contributed by atoms with E-state index >= 15 is 0 Å². The number of hydrogen-bond acceptors (Lipinski definition) is 8. The second-order valence-electron chi connectivity index (χ2n) is 10.5. The van der Waals surface area contributed by atoms with Crippen LogP contribution < -0.4 is 0 Å². The van der Waals surface area contributed by atoms with Gasteiger partial charge in [-0.25, -0.2) is 0 Å². The lowest BCUT2D eigenvalue weighted by molar-refractivity contribution is -0.189. The van der Waals surface area contributed by atoms with Crippen LogP contribution >= 0.6 is 22.9 Å². The van der Waals surface area contributed by atoms with E-state index in [0.29, 0.717) is 17.0 Å². The van der Waals surface area contributed by atoms with Crippen molar-refractivity contribution in [3.8, 4) is 16.2 Å². The summed E-state index contributed by atoms with van der Waals surface area (Å²) in [5.74, 6) is -6.74. The van der Waals surface area contributed by atoms with Gasteiger partial charge in [0.1, 0.15) is 12.4 Å². The average molecular weight is 631 g/mol. The molecule has 1 fully saturated rings. The number of hydrogen-bond donors (Lipinski definition) is 4. The number of phenols is 1. The molecule has 0 aliphatic carbocycles. The molecule has 4 N–H and O–H groups in total. The van der Waals surface area contributed by atoms with Crippen molar-refractivity contribution in [1.82, 2.24) is 0 Å². The highest BCUT2D eigenvalue weighted by Gasteiger charge is 2.48. The molecule has 5 atom stereocenters. The van der Waals surface area contributed by atoms with Crippen molar-refractivity contribution >= 4 is 46.8 Å². The van der Waals surface area contributed by atoms with Gasteiger partial charge in [0.2, 0.25) is 0 Å². The van der Waals surface area contributed by atoms with E-state index in [2.05, 4.69) is 0 Å². The van der Waals surface area contributed by atoms with Gasteiger partial charge in [0.15, 0.2) is 0 Å². The Morgan fingerprint density at radius 2 is 1.49 bits per heavy atom. The third kappa shape index (κ3) is 8.34. The monoisotopic (exact) mass is 630 g/mol. The van der Waals surface area contributed by atoms with Crippen LogP contribution in [0.3, 0.4) is 0 Å². The summed E-state index contributed by atoms with van der Waals surface area (Å²) in [5.41, 5.74) is 2.23. The smallest absolute Gasteiger partial charge is 0.303 e. The van der Waals surface area contributed by atoms with Gasteiger partial charge in [0.05, 0.1) is 25.0 Å². The summed E-state index contributed by atoms with van der Waals surface area (Å²) < 4.78 is 11.5. The molecule has 1 aromatic heterocycles. The Morgan fingerprint density at radius 3 is 2.12 bits per heavy atom. The molecule has 228 valence electrons. The highest BCUT2D eigenvalue weighted by Crippen LogP contribution is 2.48. The Kier molecular flexibility index (Phi) is 10.4. The molecule has 0 radical (unpaired) electrons. The van der Waals surface area contributed by atoms with Gasteiger partial charge < -0.3 is 29.9 Å². The lowest BCUT2D eigenvalue weighted by Gasteiger charge is -2.46. The number of carbonyl (C=O) groups excluding carboxylic acids is 1. The summed E-state index contributed by atoms with van der Waals surface area (Å²) in [5, 5.41) is 39.2. The van der Waals surface area contributed by atoms with Gasteiger partial charge in [0.25, 0.3) is 0 Å². The van der Waals surface area contributed by atoms with Crippen molar-refractivity contribution in [3.63, 3.8) is 0 Å². The second-order valence-corrected chi connectivity index (χ2v) is 12.1. The molecule has 2 aromatic carbocycles. The predicted octanol–water partition coefficient (Wildman–Crippen LogP) is 5.64. The molecule has 1 aliphatic heterocycles. The Morgan fingerprint density at radius 1 is 0.860 bits per heavy atom. The van der Waals surface area contributed by atoms with Gasteiger partial charge in [-0.3, -0.25) is 19.2 Å². The van der Waals surface area contributed by atoms with E-state index in [9.17, 15) is 39.6 Å². The van der Waals surface area contributed by atoms with E-state index in [1.165, 1.54) is 6.92 Å². The number of esters is 1. The van der Waals surface area contributed by atoms with Crippen LogP contribution in [-0.4, -0.2) is 57.0 Å². The van der Waals surface area contributed by atoms with Gasteiger partial charge >= 0.3 is 23.9 Å². The second kappa shape index (κ2) is 14.0. The van der Waals surface area contributed by atoms with Gasteiger partial charge in [0, 0.05) is 46.4 Å². The van der Waals surface area contributed by atoms with Crippen LogP contribution in [0, 0.1) is 17.8 Å². The van der Waals surface area contributed by atoms with Crippen LogP contribution in [0.4, 0.5) is 0 Å². The molecule has 2 heterocycles. The summed E-state index contributed by atoms with van der Waals surface area (Å²) in [6.07, 6.45) is -2.90. The van der Waals surface area contributed by atoms with E-state index in [4.69, 9.17) is 21.1 Å². The van der Waals surface area contributed by atoms with Crippen LogP contribution in [0.2, 0.25) is 5.02 Å². The zero-order chi connectivity index (χ0) is 31.3. The number of carbonyl (C=O) groups is 4. The third-order valence-electron chi connectivity index (χ3n) is 7.55. The zero-order valence-corrected chi connectivity index (χ0v) is 24.7. The van der Waals surface area contributed by atoms with Crippen molar-refractivity contribution in [1.29, 1.82) is 0 Å². The molecular formula is C31H31ClO10S. The van der Waals surface area contributed by atoms with Crippen LogP contribution in [0.25, 0.3) is 10.4 Å². The number of rotatable bonds is 12. The molecule has 0 unspecified atom stereocenters. The summed E-state index contributed by atoms with van der Waals surface area (Å²) in [4.78, 5) is 49.3. The van der Waals surface area contributed by atoms with Crippen molar-refractivity contribution < 1.29 is 49.1 Å². The van der Waals surface area contributed by atoms with E-state index in [1.54, 1.807) is 41.7 Å². The lowest BCUT2D eigenvalue weighted by Crippen LogP contribution is -2.48. The fourth-order valence-corrected chi connectivity index (χ4v) is 6.91. The molecule has 1 saturated heterocycles. The molecule has 12 heteroatoms. The number of carboxylic acid groups (broad SMARTS) is 3. The van der Waals surface area contributed by atoms with Crippen molar-refractivity contribution in [2.45, 2.75) is 44.8 Å². The first-order valence-electron chi connectivity index (χ1n) is 13.5. The van der Waals surface area contributed by atoms with Crippen LogP contribution in [0.1, 0.15) is 48.3 Å². The number of aromatic hydroxyl groups is 1. The lowest BCUT2D eigenvalue weighted by atomic mass is 9.68. The molecule has 0 saturated carbocycles. The van der Waals surface area contributed by atoms with E-state index in [-0.39, 0.29) is 12.4 Å². The van der Waals surface area contributed by atoms with Crippen molar-refractivity contribution in [2.75, 3.05) is 6.61 Å². The van der Waals surface area contributed by atoms with Crippen LogP contribution in [-0.2, 0) is 35.1 Å². The van der Waals surface area contributed by atoms with Gasteiger partial charge in [-0.1, -0.05) is 23.7 Å². The van der Waals surface area contributed by atoms with Crippen molar-refractivity contribution in [2.24, 2.45) is 17.8 Å². The van der Waals surface area contributed by atoms with Crippen LogP contribution in [0.15, 0.2) is 54.6 Å². The summed E-state index contributed by atoms with van der Waals surface area (Å²) >= 11 is 8.13. The minimum atomic E-state index is -1.21. The standard InChI is InChI=1S/C31H31ClO10S/c1-16(33)41-15-26-23(13-29(37)38)22(12-28(35)36)24(14-30(39)40)31(42-26)18-4-8-25(32)19(10-18)11-21-7-9-27(43-21)17-2-5-20(34)6-3-17/h2-10,22-24,26,31,34H,11-15H2,1H3,(H,35,36)(H,37,38)(H,39,40)/t22-,23+,24-,26-,31+/m0/s1. The van der Waals surface area contributed by atoms with Gasteiger partial charge in [-0.15, -0.1) is 11.3 Å². The Labute approximate surface area is 256 Å². The number of carboxylic acids is 3. The van der Waals surface area contributed by atoms with Gasteiger partial charge in [-0.2, -0.15) is 0 Å². The molecule has 0 spiro atoms. The quantitative estimate of drug-likeness (QED) is 0.184. The molecule has 10 nitrogen and oxygen atoms in total. The first kappa shape index (κ1) is 32.0. The summed E-state index contributed by atoms with van der Waals surface area (Å²) in [6.45, 7) is 0.882. The van der Waals surface area contributed by atoms with Gasteiger partial charge in [-0.05, 0) is 65.1 Å². The number of thiophene rings is 1. The molecule has 0 bridgehead atoms. The first-order chi connectivity index (χ1) is 20.4. The maximum absolute atomic E-state index is 12.0. The fraction of sp³-hybridized carbons (Fsp3) is 0.355. The minimum Gasteiger partial charge on any atom is -0.508 e. The topological polar surface area (TPSA) is 168 Å². The maximum atomic E-state index is 12.0. The number of halogens is 1. The number of aliphatic carboxylic acids is 3. The number of phenolic OH excluding ortho intramolecular Hbond substituents is 1. The first-order valence-corrected chi connectivity index (χ1v) is 14.7. The number of benzene rings is 2. The third-order valence-corrected chi connectivity index (χ3v) is 9.05. The highest BCUT2D eigenvalue weighted by atomic mass is 35.5. The SMILES string of the molecule is CC(=O)OC[C@@H]1O[C@H](c2ccc(Cl)c(Cc3ccc(-c4ccc(O)cc4)s3)c2)[C@@H](CC(=O)O)[C@@H](CC(=O)O)[C@H]1CC(=O)O. The average Bonchev–Trinajstić information content (AvgIpc) is 3.39. The van der Waals surface area contributed by atoms with Crippen molar-refractivity contribution in [3.05, 3.63) is 75.6 Å². The molecule has 43 heavy (non-hydrogen) atoms. The largest absolute Gasteiger partial charge is 0.508 e. The Hall–Kier alpha value is -3.93. The normalized spacial score (nSPS) is 21.7. The summed E-state index contributed by atoms with van der Waals surface area (Å²) in [7, 11) is 0.